The number of urea groups is 1. The molecule has 0 aromatic heterocycles. The lowest BCUT2D eigenvalue weighted by Crippen LogP contribution is -2.48. The van der Waals surface area contributed by atoms with E-state index in [4.69, 9.17) is 10.00 Å². The van der Waals surface area contributed by atoms with Gasteiger partial charge in [0.15, 0.2) is 6.10 Å². The average molecular weight is 324 g/mol. The topological polar surface area (TPSA) is 103 Å². The fourth-order valence-corrected chi connectivity index (χ4v) is 1.77. The molecule has 0 unspecified atom stereocenters. The highest BCUT2D eigenvalue weighted by Crippen LogP contribution is 2.13. The Kier molecular flexibility index (Phi) is 5.75. The Bertz CT molecular complexity index is 739. The molecule has 0 aliphatic rings. The summed E-state index contributed by atoms with van der Waals surface area (Å²) in [4.78, 5) is 23.6. The Morgan fingerprint density at radius 2 is 1.71 bits per heavy atom. The number of carbonyl (C=O) groups is 2. The van der Waals surface area contributed by atoms with Crippen molar-refractivity contribution in [3.63, 3.8) is 0 Å². The van der Waals surface area contributed by atoms with Crippen LogP contribution in [-0.2, 0) is 4.79 Å². The van der Waals surface area contributed by atoms with Crippen molar-refractivity contribution in [2.24, 2.45) is 0 Å². The van der Waals surface area contributed by atoms with Gasteiger partial charge in [0.25, 0.3) is 5.91 Å². The van der Waals surface area contributed by atoms with E-state index in [9.17, 15) is 9.59 Å². The van der Waals surface area contributed by atoms with Crippen LogP contribution in [0.15, 0.2) is 54.6 Å². The first-order chi connectivity index (χ1) is 11.6. The van der Waals surface area contributed by atoms with Crippen molar-refractivity contribution < 1.29 is 14.3 Å². The highest BCUT2D eigenvalue weighted by molar-refractivity contribution is 5.91. The SMILES string of the molecule is C[C@H](Oc1ccc(C#N)cc1)C(=O)NNC(=O)Nc1ccccc1. The number of rotatable bonds is 4. The van der Waals surface area contributed by atoms with Crippen molar-refractivity contribution >= 4 is 17.6 Å². The van der Waals surface area contributed by atoms with E-state index in [0.29, 0.717) is 17.0 Å². The molecule has 2 aromatic rings. The molecule has 0 saturated carbocycles. The molecule has 0 bridgehead atoms. The van der Waals surface area contributed by atoms with E-state index in [2.05, 4.69) is 16.2 Å². The van der Waals surface area contributed by atoms with Crippen LogP contribution in [-0.4, -0.2) is 18.0 Å². The number of hydrogen-bond donors (Lipinski definition) is 3. The second-order valence-electron chi connectivity index (χ2n) is 4.83. The molecular weight excluding hydrogens is 308 g/mol. The monoisotopic (exact) mass is 324 g/mol. The molecule has 0 radical (unpaired) electrons. The van der Waals surface area contributed by atoms with Crippen molar-refractivity contribution in [3.8, 4) is 11.8 Å². The Balaban J connectivity index is 1.78. The quantitative estimate of drug-likeness (QED) is 0.750. The van der Waals surface area contributed by atoms with E-state index in [1.807, 2.05) is 12.1 Å². The third kappa shape index (κ3) is 5.03. The number of para-hydroxylation sites is 1. The van der Waals surface area contributed by atoms with E-state index in [0.717, 1.165) is 0 Å². The summed E-state index contributed by atoms with van der Waals surface area (Å²) in [6.07, 6.45) is -0.824. The Morgan fingerprint density at radius 3 is 2.33 bits per heavy atom. The minimum atomic E-state index is -0.824. The number of nitrogens with zero attached hydrogens (tertiary/aromatic N) is 1. The van der Waals surface area contributed by atoms with Crippen LogP contribution in [0.2, 0.25) is 0 Å². The van der Waals surface area contributed by atoms with Gasteiger partial charge in [-0.25, -0.2) is 10.2 Å². The Hall–Kier alpha value is -3.53. The lowest BCUT2D eigenvalue weighted by Gasteiger charge is -2.15. The molecule has 1 atom stereocenters. The average Bonchev–Trinajstić information content (AvgIpc) is 2.61. The maximum Gasteiger partial charge on any atom is 0.337 e. The van der Waals surface area contributed by atoms with Crippen LogP contribution in [0.1, 0.15) is 12.5 Å². The minimum absolute atomic E-state index is 0.449. The smallest absolute Gasteiger partial charge is 0.337 e. The third-order valence-electron chi connectivity index (χ3n) is 3.00. The fourth-order valence-electron chi connectivity index (χ4n) is 1.77. The first-order valence-corrected chi connectivity index (χ1v) is 7.17. The van der Waals surface area contributed by atoms with Gasteiger partial charge in [-0.1, -0.05) is 18.2 Å². The zero-order chi connectivity index (χ0) is 17.4. The third-order valence-corrected chi connectivity index (χ3v) is 3.00. The molecule has 3 amide bonds. The molecule has 0 aliphatic carbocycles. The molecule has 0 heterocycles. The molecular formula is C17H16N4O3. The molecule has 0 spiro atoms. The van der Waals surface area contributed by atoms with E-state index in [1.165, 1.54) is 0 Å². The van der Waals surface area contributed by atoms with Crippen LogP contribution in [0.5, 0.6) is 5.75 Å². The standard InChI is InChI=1S/C17H16N4O3/c1-12(24-15-9-7-13(11-18)8-10-15)16(22)20-21-17(23)19-14-5-3-2-4-6-14/h2-10,12H,1H3,(H,20,22)(H2,19,21,23)/t12-/m0/s1. The van der Waals surface area contributed by atoms with Crippen LogP contribution < -0.4 is 20.9 Å². The summed E-state index contributed by atoms with van der Waals surface area (Å²) in [7, 11) is 0. The van der Waals surface area contributed by atoms with Gasteiger partial charge in [-0.05, 0) is 43.3 Å². The van der Waals surface area contributed by atoms with E-state index < -0.39 is 18.0 Å². The number of benzene rings is 2. The molecule has 122 valence electrons. The Morgan fingerprint density at radius 1 is 1.04 bits per heavy atom. The molecule has 24 heavy (non-hydrogen) atoms. The number of hydrazine groups is 1. The maximum atomic E-state index is 11.9. The van der Waals surface area contributed by atoms with Crippen LogP contribution in [0.25, 0.3) is 0 Å². The van der Waals surface area contributed by atoms with E-state index in [-0.39, 0.29) is 0 Å². The van der Waals surface area contributed by atoms with Crippen molar-refractivity contribution in [2.75, 3.05) is 5.32 Å². The van der Waals surface area contributed by atoms with Gasteiger partial charge in [0.1, 0.15) is 5.75 Å². The summed E-state index contributed by atoms with van der Waals surface area (Å²) in [6.45, 7) is 1.55. The van der Waals surface area contributed by atoms with Crippen LogP contribution in [0.3, 0.4) is 0 Å². The summed E-state index contributed by atoms with van der Waals surface area (Å²) in [5, 5.41) is 11.3. The van der Waals surface area contributed by atoms with Crippen molar-refractivity contribution in [1.29, 1.82) is 5.26 Å². The lowest BCUT2D eigenvalue weighted by molar-refractivity contribution is -0.127. The first kappa shape index (κ1) is 16.8. The van der Waals surface area contributed by atoms with Gasteiger partial charge >= 0.3 is 6.03 Å². The van der Waals surface area contributed by atoms with E-state index >= 15 is 0 Å². The number of nitriles is 1. The van der Waals surface area contributed by atoms with Gasteiger partial charge in [0.05, 0.1) is 11.6 Å². The van der Waals surface area contributed by atoms with Gasteiger partial charge in [0.2, 0.25) is 0 Å². The predicted octanol–water partition coefficient (Wildman–Crippen LogP) is 2.18. The largest absolute Gasteiger partial charge is 0.481 e. The molecule has 7 nitrogen and oxygen atoms in total. The Labute approximate surface area is 139 Å². The van der Waals surface area contributed by atoms with Crippen LogP contribution in [0.4, 0.5) is 10.5 Å². The zero-order valence-electron chi connectivity index (χ0n) is 12.9. The predicted molar refractivity (Wildman–Crippen MR) is 88.0 cm³/mol. The minimum Gasteiger partial charge on any atom is -0.481 e. The zero-order valence-corrected chi connectivity index (χ0v) is 12.9. The van der Waals surface area contributed by atoms with Crippen LogP contribution >= 0.6 is 0 Å². The second-order valence-corrected chi connectivity index (χ2v) is 4.83. The lowest BCUT2D eigenvalue weighted by atomic mass is 10.2. The molecule has 0 aliphatic heterocycles. The van der Waals surface area contributed by atoms with E-state index in [1.54, 1.807) is 55.5 Å². The highest BCUT2D eigenvalue weighted by atomic mass is 16.5. The van der Waals surface area contributed by atoms with Gasteiger partial charge < -0.3 is 10.1 Å². The van der Waals surface area contributed by atoms with Crippen molar-refractivity contribution in [3.05, 3.63) is 60.2 Å². The number of hydrogen-bond acceptors (Lipinski definition) is 4. The first-order valence-electron chi connectivity index (χ1n) is 7.17. The second kappa shape index (κ2) is 8.19. The highest BCUT2D eigenvalue weighted by Gasteiger charge is 2.15. The molecule has 0 fully saturated rings. The maximum absolute atomic E-state index is 11.9. The molecule has 0 saturated heterocycles. The summed E-state index contributed by atoms with van der Waals surface area (Å²) >= 11 is 0. The number of anilines is 1. The molecule has 7 heteroatoms. The van der Waals surface area contributed by atoms with Crippen LogP contribution in [0, 0.1) is 11.3 Å². The molecule has 2 aromatic carbocycles. The van der Waals surface area contributed by atoms with Crippen molar-refractivity contribution in [1.82, 2.24) is 10.9 Å². The number of amides is 3. The van der Waals surface area contributed by atoms with Crippen molar-refractivity contribution in [2.45, 2.75) is 13.0 Å². The summed E-state index contributed by atoms with van der Waals surface area (Å²) in [5.74, 6) is -0.0621. The van der Waals surface area contributed by atoms with Gasteiger partial charge in [-0.15, -0.1) is 0 Å². The fraction of sp³-hybridized carbons (Fsp3) is 0.118. The normalized spacial score (nSPS) is 10.8. The number of ether oxygens (including phenoxy) is 1. The van der Waals surface area contributed by atoms with Gasteiger partial charge in [-0.3, -0.25) is 10.2 Å². The molecule has 2 rings (SSSR count). The summed E-state index contributed by atoms with van der Waals surface area (Å²) < 4.78 is 5.43. The van der Waals surface area contributed by atoms with Gasteiger partial charge in [0, 0.05) is 5.69 Å². The van der Waals surface area contributed by atoms with Gasteiger partial charge in [-0.2, -0.15) is 5.26 Å². The number of carbonyl (C=O) groups excluding carboxylic acids is 2. The summed E-state index contributed by atoms with van der Waals surface area (Å²) in [6, 6.07) is 16.6. The summed E-state index contributed by atoms with van der Waals surface area (Å²) in [5.41, 5.74) is 5.61. The molecule has 3 N–H and O–H groups in total. The number of nitrogens with one attached hydrogen (secondary N) is 3.